The Hall–Kier alpha value is -2.16. The zero-order valence-corrected chi connectivity index (χ0v) is 17.9. The van der Waals surface area contributed by atoms with Crippen LogP contribution in [0.4, 0.5) is 0 Å². The molecule has 28 heavy (non-hydrogen) atoms. The molecule has 6 N–H and O–H groups in total. The summed E-state index contributed by atoms with van der Waals surface area (Å²) in [6.07, 6.45) is 0.277. The topological polar surface area (TPSA) is 151 Å². The molecular weight excluding hydrogens is 364 g/mol. The third-order valence-corrected chi connectivity index (χ3v) is 4.34. The van der Waals surface area contributed by atoms with Crippen LogP contribution < -0.4 is 21.7 Å². The SMILES string of the molecule is CC(C)CC(NC(=O)C(NC(=O)C(C)NC(=O)C(N)C(C)C)C(C)C)C(=O)O. The Balaban J connectivity index is 5.04. The molecule has 0 aromatic rings. The fourth-order valence-corrected chi connectivity index (χ4v) is 2.45. The maximum atomic E-state index is 12.6. The number of carboxylic acids is 1. The van der Waals surface area contributed by atoms with Crippen molar-refractivity contribution in [3.8, 4) is 0 Å². The van der Waals surface area contributed by atoms with Gasteiger partial charge < -0.3 is 26.8 Å². The number of hydrogen-bond donors (Lipinski definition) is 5. The van der Waals surface area contributed by atoms with Crippen LogP contribution in [0.1, 0.15) is 54.9 Å². The van der Waals surface area contributed by atoms with Gasteiger partial charge in [0.2, 0.25) is 17.7 Å². The number of hydrogen-bond acceptors (Lipinski definition) is 5. The third kappa shape index (κ3) is 8.69. The van der Waals surface area contributed by atoms with Crippen LogP contribution in [-0.2, 0) is 19.2 Å². The summed E-state index contributed by atoms with van der Waals surface area (Å²) in [5, 5.41) is 16.9. The van der Waals surface area contributed by atoms with E-state index in [9.17, 15) is 24.3 Å². The van der Waals surface area contributed by atoms with Crippen LogP contribution in [0.3, 0.4) is 0 Å². The second kappa shape index (κ2) is 11.6. The van der Waals surface area contributed by atoms with Crippen molar-refractivity contribution in [3.05, 3.63) is 0 Å². The minimum atomic E-state index is -1.13. The summed E-state index contributed by atoms with van der Waals surface area (Å²) in [6, 6.07) is -3.60. The highest BCUT2D eigenvalue weighted by molar-refractivity contribution is 5.94. The van der Waals surface area contributed by atoms with Gasteiger partial charge in [-0.05, 0) is 31.1 Å². The highest BCUT2D eigenvalue weighted by Crippen LogP contribution is 2.08. The smallest absolute Gasteiger partial charge is 0.326 e. The Morgan fingerprint density at radius 3 is 1.71 bits per heavy atom. The second-order valence-corrected chi connectivity index (χ2v) is 8.26. The van der Waals surface area contributed by atoms with Crippen LogP contribution in [-0.4, -0.2) is 53.0 Å². The van der Waals surface area contributed by atoms with E-state index in [4.69, 9.17) is 5.73 Å². The van der Waals surface area contributed by atoms with Crippen molar-refractivity contribution < 1.29 is 24.3 Å². The molecule has 0 saturated carbocycles. The van der Waals surface area contributed by atoms with E-state index in [0.717, 1.165) is 0 Å². The molecule has 0 fully saturated rings. The number of aliphatic carboxylic acids is 1. The Labute approximate surface area is 167 Å². The summed E-state index contributed by atoms with van der Waals surface area (Å²) in [7, 11) is 0. The van der Waals surface area contributed by atoms with Crippen molar-refractivity contribution in [2.75, 3.05) is 0 Å². The molecule has 0 aliphatic carbocycles. The maximum absolute atomic E-state index is 12.6. The van der Waals surface area contributed by atoms with Crippen LogP contribution in [0, 0.1) is 17.8 Å². The quantitative estimate of drug-likeness (QED) is 0.335. The Kier molecular flexibility index (Phi) is 10.7. The molecule has 0 spiro atoms. The fourth-order valence-electron chi connectivity index (χ4n) is 2.45. The van der Waals surface area contributed by atoms with Gasteiger partial charge in [0.1, 0.15) is 18.1 Å². The molecule has 4 unspecified atom stereocenters. The molecule has 0 radical (unpaired) electrons. The number of carbonyl (C=O) groups is 4. The molecule has 0 aromatic carbocycles. The molecule has 162 valence electrons. The van der Waals surface area contributed by atoms with E-state index in [2.05, 4.69) is 16.0 Å². The highest BCUT2D eigenvalue weighted by atomic mass is 16.4. The largest absolute Gasteiger partial charge is 0.480 e. The Bertz CT molecular complexity index is 563. The van der Waals surface area contributed by atoms with Crippen LogP contribution in [0.25, 0.3) is 0 Å². The molecule has 0 heterocycles. The van der Waals surface area contributed by atoms with Gasteiger partial charge >= 0.3 is 5.97 Å². The van der Waals surface area contributed by atoms with Crippen molar-refractivity contribution in [2.45, 2.75) is 79.1 Å². The highest BCUT2D eigenvalue weighted by Gasteiger charge is 2.31. The number of rotatable bonds is 11. The lowest BCUT2D eigenvalue weighted by molar-refractivity contribution is -0.143. The minimum Gasteiger partial charge on any atom is -0.480 e. The summed E-state index contributed by atoms with van der Waals surface area (Å²) >= 11 is 0. The summed E-state index contributed by atoms with van der Waals surface area (Å²) in [6.45, 7) is 12.3. The summed E-state index contributed by atoms with van der Waals surface area (Å²) in [5.74, 6) is -2.99. The van der Waals surface area contributed by atoms with E-state index in [1.165, 1.54) is 6.92 Å². The van der Waals surface area contributed by atoms with Gasteiger partial charge in [-0.25, -0.2) is 4.79 Å². The van der Waals surface area contributed by atoms with Gasteiger partial charge in [-0.2, -0.15) is 0 Å². The first-order valence-electron chi connectivity index (χ1n) is 9.67. The molecule has 0 saturated heterocycles. The van der Waals surface area contributed by atoms with Crippen molar-refractivity contribution in [2.24, 2.45) is 23.5 Å². The van der Waals surface area contributed by atoms with E-state index in [1.807, 2.05) is 13.8 Å². The van der Waals surface area contributed by atoms with Gasteiger partial charge in [0.15, 0.2) is 0 Å². The van der Waals surface area contributed by atoms with Gasteiger partial charge in [0, 0.05) is 0 Å². The molecule has 0 aromatic heterocycles. The van der Waals surface area contributed by atoms with Crippen LogP contribution >= 0.6 is 0 Å². The number of carboxylic acid groups (broad SMARTS) is 1. The lowest BCUT2D eigenvalue weighted by atomic mass is 10.00. The lowest BCUT2D eigenvalue weighted by Crippen LogP contribution is -2.58. The van der Waals surface area contributed by atoms with Gasteiger partial charge in [-0.3, -0.25) is 14.4 Å². The predicted molar refractivity (Wildman–Crippen MR) is 106 cm³/mol. The van der Waals surface area contributed by atoms with Gasteiger partial charge in [0.05, 0.1) is 6.04 Å². The average molecular weight is 401 g/mol. The summed E-state index contributed by atoms with van der Waals surface area (Å²) < 4.78 is 0. The van der Waals surface area contributed by atoms with Crippen LogP contribution in [0.2, 0.25) is 0 Å². The molecule has 9 heteroatoms. The maximum Gasteiger partial charge on any atom is 0.326 e. The second-order valence-electron chi connectivity index (χ2n) is 8.26. The number of carbonyl (C=O) groups excluding carboxylic acids is 3. The normalized spacial score (nSPS) is 15.7. The summed E-state index contributed by atoms with van der Waals surface area (Å²) in [5.41, 5.74) is 5.77. The lowest BCUT2D eigenvalue weighted by Gasteiger charge is -2.26. The van der Waals surface area contributed by atoms with Gasteiger partial charge in [-0.15, -0.1) is 0 Å². The van der Waals surface area contributed by atoms with Crippen molar-refractivity contribution in [3.63, 3.8) is 0 Å². The fraction of sp³-hybridized carbons (Fsp3) is 0.789. The number of nitrogens with two attached hydrogens (primary N) is 1. The Morgan fingerprint density at radius 1 is 0.786 bits per heavy atom. The monoisotopic (exact) mass is 400 g/mol. The molecule has 0 bridgehead atoms. The molecule has 9 nitrogen and oxygen atoms in total. The molecule has 4 atom stereocenters. The molecule has 0 aliphatic heterocycles. The minimum absolute atomic E-state index is 0.0777. The van der Waals surface area contributed by atoms with Crippen molar-refractivity contribution in [1.29, 1.82) is 0 Å². The first kappa shape index (κ1) is 25.8. The first-order chi connectivity index (χ1) is 12.8. The first-order valence-corrected chi connectivity index (χ1v) is 9.67. The standard InChI is InChI=1S/C19H36N4O5/c1-9(2)8-13(19(27)28)22-18(26)15(11(5)6)23-16(24)12(7)21-17(25)14(20)10(3)4/h9-15H,8,20H2,1-7H3,(H,21,25)(H,22,26)(H,23,24)(H,27,28). The van der Waals surface area contributed by atoms with E-state index in [0.29, 0.717) is 0 Å². The van der Waals surface area contributed by atoms with Crippen LogP contribution in [0.15, 0.2) is 0 Å². The van der Waals surface area contributed by atoms with E-state index >= 15 is 0 Å². The number of amides is 3. The Morgan fingerprint density at radius 2 is 1.32 bits per heavy atom. The van der Waals surface area contributed by atoms with Gasteiger partial charge in [0.25, 0.3) is 0 Å². The number of nitrogens with one attached hydrogen (secondary N) is 3. The van der Waals surface area contributed by atoms with E-state index in [-0.39, 0.29) is 24.2 Å². The van der Waals surface area contributed by atoms with Gasteiger partial charge in [-0.1, -0.05) is 41.5 Å². The molecule has 3 amide bonds. The molecule has 0 aliphatic rings. The average Bonchev–Trinajstić information content (AvgIpc) is 2.56. The zero-order chi connectivity index (χ0) is 22.2. The molecule has 0 rings (SSSR count). The molecular formula is C19H36N4O5. The van der Waals surface area contributed by atoms with E-state index < -0.39 is 47.9 Å². The van der Waals surface area contributed by atoms with Crippen molar-refractivity contribution in [1.82, 2.24) is 16.0 Å². The predicted octanol–water partition coefficient (Wildman–Crippen LogP) is 0.231. The summed E-state index contributed by atoms with van der Waals surface area (Å²) in [4.78, 5) is 48.4. The zero-order valence-electron chi connectivity index (χ0n) is 17.9. The van der Waals surface area contributed by atoms with E-state index in [1.54, 1.807) is 27.7 Å². The van der Waals surface area contributed by atoms with Crippen LogP contribution in [0.5, 0.6) is 0 Å². The van der Waals surface area contributed by atoms with Crippen molar-refractivity contribution >= 4 is 23.7 Å². The third-order valence-electron chi connectivity index (χ3n) is 4.34.